The van der Waals surface area contributed by atoms with Crippen LogP contribution in [0.5, 0.6) is 17.2 Å². The van der Waals surface area contributed by atoms with Gasteiger partial charge in [-0.05, 0) is 47.5 Å². The molecule has 11 heteroatoms. The summed E-state index contributed by atoms with van der Waals surface area (Å²) >= 11 is 0. The fourth-order valence-corrected chi connectivity index (χ4v) is 3.60. The topological polar surface area (TPSA) is 191 Å². The maximum atomic E-state index is 12.4. The molecule has 190 valence electrons. The van der Waals surface area contributed by atoms with Gasteiger partial charge in [-0.1, -0.05) is 18.2 Å². The number of aliphatic hydroxyl groups excluding tert-OH is 1. The summed E-state index contributed by atoms with van der Waals surface area (Å²) in [6, 6.07) is 9.66. The maximum absolute atomic E-state index is 12.4. The number of hydrogen-bond acceptors (Lipinski definition) is 10. The van der Waals surface area contributed by atoms with Crippen LogP contribution in [0.2, 0.25) is 0 Å². The van der Waals surface area contributed by atoms with Crippen molar-refractivity contribution < 1.29 is 54.5 Å². The molecule has 36 heavy (non-hydrogen) atoms. The number of ether oxygens (including phenoxy) is 2. The van der Waals surface area contributed by atoms with Crippen LogP contribution >= 0.6 is 0 Å². The molecule has 0 bridgehead atoms. The van der Waals surface area contributed by atoms with E-state index in [9.17, 15) is 45.0 Å². The van der Waals surface area contributed by atoms with Crippen molar-refractivity contribution in [2.45, 2.75) is 36.8 Å². The zero-order chi connectivity index (χ0) is 26.5. The second-order valence-electron chi connectivity index (χ2n) is 8.20. The first-order valence-corrected chi connectivity index (χ1v) is 10.7. The minimum Gasteiger partial charge on any atom is -0.508 e. The van der Waals surface area contributed by atoms with Crippen LogP contribution in [-0.4, -0.2) is 72.5 Å². The molecule has 0 spiro atoms. The molecule has 0 radical (unpaired) electrons. The molecule has 0 heterocycles. The highest BCUT2D eigenvalue weighted by Gasteiger charge is 2.52. The van der Waals surface area contributed by atoms with Gasteiger partial charge in [-0.3, -0.25) is 0 Å². The lowest BCUT2D eigenvalue weighted by molar-refractivity contribution is -0.204. The normalized spacial score (nSPS) is 24.0. The Balaban J connectivity index is 1.74. The van der Waals surface area contributed by atoms with Crippen molar-refractivity contribution in [3.8, 4) is 17.2 Å². The first-order valence-electron chi connectivity index (χ1n) is 10.7. The van der Waals surface area contributed by atoms with Gasteiger partial charge in [-0.25, -0.2) is 14.4 Å². The number of phenolic OH excluding ortho intramolecular Hbond substituents is 3. The van der Waals surface area contributed by atoms with Crippen LogP contribution < -0.4 is 0 Å². The molecule has 3 rings (SSSR count). The minimum absolute atomic E-state index is 0.0342. The molecular formula is C25H24O11. The third kappa shape index (κ3) is 6.62. The van der Waals surface area contributed by atoms with Gasteiger partial charge < -0.3 is 40.1 Å². The van der Waals surface area contributed by atoms with E-state index in [4.69, 9.17) is 9.47 Å². The molecular weight excluding hydrogens is 476 g/mol. The number of carbonyl (C=O) groups is 3. The van der Waals surface area contributed by atoms with Crippen LogP contribution in [-0.2, 0) is 23.9 Å². The van der Waals surface area contributed by atoms with Gasteiger partial charge in [0.1, 0.15) is 11.9 Å². The molecule has 1 fully saturated rings. The summed E-state index contributed by atoms with van der Waals surface area (Å²) in [6.07, 6.45) is -1.38. The molecule has 2 aromatic rings. The highest BCUT2D eigenvalue weighted by Crippen LogP contribution is 2.33. The fourth-order valence-electron chi connectivity index (χ4n) is 3.60. The lowest BCUT2D eigenvalue weighted by atomic mass is 9.79. The van der Waals surface area contributed by atoms with E-state index in [1.165, 1.54) is 54.6 Å². The molecule has 11 nitrogen and oxygen atoms in total. The highest BCUT2D eigenvalue weighted by atomic mass is 16.6. The number of aliphatic hydroxyl groups is 2. The lowest BCUT2D eigenvalue weighted by Crippen LogP contribution is -2.58. The number of carbonyl (C=O) groups excluding carboxylic acids is 2. The van der Waals surface area contributed by atoms with Crippen LogP contribution in [0.25, 0.3) is 12.2 Å². The first kappa shape index (κ1) is 26.3. The third-order valence-corrected chi connectivity index (χ3v) is 5.47. The van der Waals surface area contributed by atoms with E-state index in [0.717, 1.165) is 12.2 Å². The number of aromatic hydroxyl groups is 3. The molecule has 6 N–H and O–H groups in total. The van der Waals surface area contributed by atoms with E-state index >= 15 is 0 Å². The van der Waals surface area contributed by atoms with Crippen molar-refractivity contribution in [2.75, 3.05) is 0 Å². The van der Waals surface area contributed by atoms with Crippen molar-refractivity contribution in [1.29, 1.82) is 0 Å². The van der Waals surface area contributed by atoms with Gasteiger partial charge in [-0.2, -0.15) is 0 Å². The molecule has 2 aromatic carbocycles. The second-order valence-corrected chi connectivity index (χ2v) is 8.20. The Hall–Kier alpha value is -4.35. The lowest BCUT2D eigenvalue weighted by Gasteiger charge is -2.40. The second kappa shape index (κ2) is 10.9. The van der Waals surface area contributed by atoms with E-state index in [1.54, 1.807) is 0 Å². The Bertz CT molecular complexity index is 1180. The zero-order valence-electron chi connectivity index (χ0n) is 18.7. The average molecular weight is 500 g/mol. The highest BCUT2D eigenvalue weighted by molar-refractivity contribution is 5.88. The predicted octanol–water partition coefficient (Wildman–Crippen LogP) is 1.32. The Labute approximate surface area is 204 Å². The summed E-state index contributed by atoms with van der Waals surface area (Å²) < 4.78 is 10.5. The van der Waals surface area contributed by atoms with E-state index in [2.05, 4.69) is 0 Å². The number of esters is 2. The van der Waals surface area contributed by atoms with Gasteiger partial charge in [0.05, 0.1) is 6.10 Å². The predicted molar refractivity (Wildman–Crippen MR) is 124 cm³/mol. The Morgan fingerprint density at radius 2 is 1.42 bits per heavy atom. The Kier molecular flexibility index (Phi) is 7.97. The molecule has 0 amide bonds. The van der Waals surface area contributed by atoms with Crippen LogP contribution in [0.1, 0.15) is 24.0 Å². The van der Waals surface area contributed by atoms with E-state index < -0.39 is 60.4 Å². The molecule has 0 saturated heterocycles. The van der Waals surface area contributed by atoms with Crippen LogP contribution in [0, 0.1) is 0 Å². The maximum Gasteiger partial charge on any atom is 0.335 e. The summed E-state index contributed by atoms with van der Waals surface area (Å²) in [4.78, 5) is 36.3. The zero-order valence-corrected chi connectivity index (χ0v) is 18.7. The summed E-state index contributed by atoms with van der Waals surface area (Å²) in [6.45, 7) is 0. The van der Waals surface area contributed by atoms with Gasteiger partial charge in [0.15, 0.2) is 23.2 Å². The Morgan fingerprint density at radius 3 is 2.03 bits per heavy atom. The molecule has 4 atom stereocenters. The summed E-state index contributed by atoms with van der Waals surface area (Å²) in [5, 5.41) is 58.4. The van der Waals surface area contributed by atoms with Gasteiger partial charge >= 0.3 is 17.9 Å². The van der Waals surface area contributed by atoms with Crippen LogP contribution in [0.4, 0.5) is 0 Å². The van der Waals surface area contributed by atoms with Crippen molar-refractivity contribution >= 4 is 30.1 Å². The molecule has 0 aromatic heterocycles. The standard InChI is InChI=1S/C25H24O11/c26-16-6-1-14(2-7-16)4-9-22(31)36-23-19(29)12-25(34,24(32)33)13-20(23)35-21(30)10-5-15-3-8-17(27)18(28)11-15/h1-11,19-20,23,26-29,34H,12-13H2,(H,32,33)/b9-4+,10-5+/t19-,20-,23+,25-/m1/s1. The van der Waals surface area contributed by atoms with Gasteiger partial charge in [0, 0.05) is 25.0 Å². The first-order chi connectivity index (χ1) is 17.0. The molecule has 1 saturated carbocycles. The summed E-state index contributed by atoms with van der Waals surface area (Å²) in [5.74, 6) is -4.32. The number of hydrogen-bond donors (Lipinski definition) is 6. The van der Waals surface area contributed by atoms with Crippen molar-refractivity contribution in [1.82, 2.24) is 0 Å². The third-order valence-electron chi connectivity index (χ3n) is 5.47. The largest absolute Gasteiger partial charge is 0.508 e. The summed E-state index contributed by atoms with van der Waals surface area (Å²) in [5.41, 5.74) is -1.54. The molecule has 1 aliphatic carbocycles. The number of benzene rings is 2. The fraction of sp³-hybridized carbons (Fsp3) is 0.240. The van der Waals surface area contributed by atoms with Gasteiger partial charge in [0.25, 0.3) is 0 Å². The average Bonchev–Trinajstić information content (AvgIpc) is 2.81. The number of phenols is 3. The number of carboxylic acids is 1. The van der Waals surface area contributed by atoms with E-state index in [0.29, 0.717) is 11.1 Å². The number of rotatable bonds is 7. The van der Waals surface area contributed by atoms with Crippen LogP contribution in [0.15, 0.2) is 54.6 Å². The Morgan fingerprint density at radius 1 is 0.833 bits per heavy atom. The smallest absolute Gasteiger partial charge is 0.335 e. The minimum atomic E-state index is -2.43. The van der Waals surface area contributed by atoms with Crippen molar-refractivity contribution in [3.05, 3.63) is 65.7 Å². The summed E-state index contributed by atoms with van der Waals surface area (Å²) in [7, 11) is 0. The number of carboxylic acid groups (broad SMARTS) is 1. The van der Waals surface area contributed by atoms with E-state index in [1.807, 2.05) is 0 Å². The van der Waals surface area contributed by atoms with Crippen molar-refractivity contribution in [3.63, 3.8) is 0 Å². The van der Waals surface area contributed by atoms with E-state index in [-0.39, 0.29) is 11.5 Å². The monoisotopic (exact) mass is 500 g/mol. The molecule has 1 aliphatic rings. The number of aliphatic carboxylic acids is 1. The molecule has 0 unspecified atom stereocenters. The van der Waals surface area contributed by atoms with Crippen LogP contribution in [0.3, 0.4) is 0 Å². The SMILES string of the molecule is O=C(/C=C/c1ccc(O)cc1)O[C@H]1[C@H](O)C[C@](O)(C(=O)O)C[C@H]1OC(=O)/C=C/c1ccc(O)c(O)c1. The van der Waals surface area contributed by atoms with Gasteiger partial charge in [-0.15, -0.1) is 0 Å². The van der Waals surface area contributed by atoms with Gasteiger partial charge in [0.2, 0.25) is 0 Å². The molecule has 0 aliphatic heterocycles. The quantitative estimate of drug-likeness (QED) is 0.183. The van der Waals surface area contributed by atoms with Crippen molar-refractivity contribution in [2.24, 2.45) is 0 Å².